The summed E-state index contributed by atoms with van der Waals surface area (Å²) in [6.45, 7) is 1.37. The standard InChI is InChI=1S/C15H13FN6O3/c1-7(25-15(24)8-3-2-4-9(16)10(8)17)14(23)22-13-11-12(19-5-18-11)20-6-21-13/h2-7H,17H2,1H3,(H2,18,19,20,21,22,23). The smallest absolute Gasteiger partial charge is 0.341 e. The molecule has 3 rings (SSSR count). The van der Waals surface area contributed by atoms with Gasteiger partial charge in [-0.2, -0.15) is 0 Å². The summed E-state index contributed by atoms with van der Waals surface area (Å²) < 4.78 is 18.4. The number of hydrogen-bond donors (Lipinski definition) is 3. The lowest BCUT2D eigenvalue weighted by atomic mass is 10.2. The van der Waals surface area contributed by atoms with Gasteiger partial charge in [0.25, 0.3) is 5.91 Å². The minimum atomic E-state index is -1.16. The summed E-state index contributed by atoms with van der Waals surface area (Å²) in [6, 6.07) is 3.75. The number of H-pyrrole nitrogens is 1. The van der Waals surface area contributed by atoms with Gasteiger partial charge in [0.1, 0.15) is 17.7 Å². The van der Waals surface area contributed by atoms with Crippen LogP contribution in [0.4, 0.5) is 15.9 Å². The van der Waals surface area contributed by atoms with E-state index in [9.17, 15) is 14.0 Å². The lowest BCUT2D eigenvalue weighted by molar-refractivity contribution is -0.123. The second-order valence-electron chi connectivity index (χ2n) is 5.06. The number of halogens is 1. The summed E-state index contributed by atoms with van der Waals surface area (Å²) >= 11 is 0. The SMILES string of the molecule is CC(OC(=O)c1cccc(F)c1N)C(=O)Nc1ncnc2nc[nH]c12. The first-order chi connectivity index (χ1) is 12.0. The molecule has 25 heavy (non-hydrogen) atoms. The van der Waals surface area contributed by atoms with E-state index in [2.05, 4.69) is 25.3 Å². The number of aromatic nitrogens is 4. The van der Waals surface area contributed by atoms with Gasteiger partial charge < -0.3 is 20.8 Å². The zero-order valence-electron chi connectivity index (χ0n) is 13.0. The summed E-state index contributed by atoms with van der Waals surface area (Å²) in [6.07, 6.45) is 1.48. The van der Waals surface area contributed by atoms with Gasteiger partial charge in [-0.05, 0) is 19.1 Å². The fourth-order valence-electron chi connectivity index (χ4n) is 2.07. The van der Waals surface area contributed by atoms with E-state index in [1.54, 1.807) is 0 Å². The number of para-hydroxylation sites is 1. The second-order valence-corrected chi connectivity index (χ2v) is 5.06. The average molecular weight is 344 g/mol. The molecule has 0 saturated heterocycles. The number of amides is 1. The van der Waals surface area contributed by atoms with Gasteiger partial charge in [0, 0.05) is 0 Å². The Labute approximate surface area is 140 Å². The molecular weight excluding hydrogens is 331 g/mol. The molecule has 0 radical (unpaired) electrons. The molecule has 10 heteroatoms. The van der Waals surface area contributed by atoms with Crippen molar-refractivity contribution >= 4 is 34.5 Å². The summed E-state index contributed by atoms with van der Waals surface area (Å²) in [4.78, 5) is 38.9. The zero-order valence-corrected chi connectivity index (χ0v) is 13.0. The molecule has 1 aromatic carbocycles. The molecule has 0 spiro atoms. The fraction of sp³-hybridized carbons (Fsp3) is 0.133. The average Bonchev–Trinajstić information content (AvgIpc) is 3.06. The van der Waals surface area contributed by atoms with Crippen LogP contribution in [0.5, 0.6) is 0 Å². The summed E-state index contributed by atoms with van der Waals surface area (Å²) in [7, 11) is 0. The Morgan fingerprint density at radius 2 is 2.12 bits per heavy atom. The Morgan fingerprint density at radius 3 is 2.92 bits per heavy atom. The van der Waals surface area contributed by atoms with Crippen LogP contribution in [-0.4, -0.2) is 37.9 Å². The van der Waals surface area contributed by atoms with E-state index < -0.39 is 23.8 Å². The van der Waals surface area contributed by atoms with Gasteiger partial charge in [0.15, 0.2) is 17.6 Å². The van der Waals surface area contributed by atoms with Crippen molar-refractivity contribution in [1.82, 2.24) is 19.9 Å². The van der Waals surface area contributed by atoms with Crippen LogP contribution < -0.4 is 11.1 Å². The first kappa shape index (κ1) is 16.3. The van der Waals surface area contributed by atoms with Crippen molar-refractivity contribution in [3.8, 4) is 0 Å². The van der Waals surface area contributed by atoms with E-state index in [1.807, 2.05) is 0 Å². The number of nitrogens with two attached hydrogens (primary N) is 1. The van der Waals surface area contributed by atoms with E-state index in [0.29, 0.717) is 11.2 Å². The molecule has 9 nitrogen and oxygen atoms in total. The number of hydrogen-bond acceptors (Lipinski definition) is 7. The Bertz CT molecular complexity index is 957. The van der Waals surface area contributed by atoms with Crippen LogP contribution in [0.3, 0.4) is 0 Å². The number of benzene rings is 1. The van der Waals surface area contributed by atoms with Crippen molar-refractivity contribution in [3.63, 3.8) is 0 Å². The molecule has 1 amide bonds. The highest BCUT2D eigenvalue weighted by molar-refractivity contribution is 6.01. The highest BCUT2D eigenvalue weighted by Crippen LogP contribution is 2.18. The number of ether oxygens (including phenoxy) is 1. The number of carbonyl (C=O) groups excluding carboxylic acids is 2. The number of nitrogens with one attached hydrogen (secondary N) is 2. The number of nitrogens with zero attached hydrogens (tertiary/aromatic N) is 3. The third kappa shape index (κ3) is 3.22. The van der Waals surface area contributed by atoms with Crippen LogP contribution in [-0.2, 0) is 9.53 Å². The van der Waals surface area contributed by atoms with Crippen molar-refractivity contribution in [2.75, 3.05) is 11.1 Å². The highest BCUT2D eigenvalue weighted by atomic mass is 19.1. The lowest BCUT2D eigenvalue weighted by Gasteiger charge is -2.14. The number of fused-ring (bicyclic) bond motifs is 1. The Kier molecular flexibility index (Phi) is 4.25. The normalized spacial score (nSPS) is 11.9. The van der Waals surface area contributed by atoms with Gasteiger partial charge in [-0.15, -0.1) is 0 Å². The molecule has 1 unspecified atom stereocenters. The Balaban J connectivity index is 1.71. The van der Waals surface area contributed by atoms with Gasteiger partial charge in [-0.3, -0.25) is 4.79 Å². The molecule has 0 fully saturated rings. The Morgan fingerprint density at radius 1 is 1.32 bits per heavy atom. The molecule has 2 heterocycles. The van der Waals surface area contributed by atoms with Crippen LogP contribution >= 0.6 is 0 Å². The first-order valence-corrected chi connectivity index (χ1v) is 7.17. The molecule has 1 atom stereocenters. The van der Waals surface area contributed by atoms with Crippen LogP contribution in [0.25, 0.3) is 11.2 Å². The van der Waals surface area contributed by atoms with Gasteiger partial charge in [0.05, 0.1) is 17.6 Å². The van der Waals surface area contributed by atoms with Gasteiger partial charge in [-0.1, -0.05) is 6.07 Å². The third-order valence-electron chi connectivity index (χ3n) is 3.39. The van der Waals surface area contributed by atoms with Gasteiger partial charge in [0.2, 0.25) is 0 Å². The van der Waals surface area contributed by atoms with Gasteiger partial charge in [-0.25, -0.2) is 24.1 Å². The van der Waals surface area contributed by atoms with Crippen molar-refractivity contribution in [2.45, 2.75) is 13.0 Å². The largest absolute Gasteiger partial charge is 0.449 e. The third-order valence-corrected chi connectivity index (χ3v) is 3.39. The number of aromatic amines is 1. The molecule has 2 aromatic heterocycles. The minimum Gasteiger partial charge on any atom is -0.449 e. The number of rotatable bonds is 4. The van der Waals surface area contributed by atoms with Crippen LogP contribution in [0.1, 0.15) is 17.3 Å². The van der Waals surface area contributed by atoms with E-state index in [0.717, 1.165) is 6.07 Å². The molecular formula is C15H13FN6O3. The molecule has 0 saturated carbocycles. The van der Waals surface area contributed by atoms with Crippen molar-refractivity contribution in [1.29, 1.82) is 0 Å². The molecule has 3 aromatic rings. The second kappa shape index (κ2) is 6.51. The van der Waals surface area contributed by atoms with Crippen LogP contribution in [0.2, 0.25) is 0 Å². The number of imidazole rings is 1. The quantitative estimate of drug-likeness (QED) is 0.479. The van der Waals surface area contributed by atoms with Crippen molar-refractivity contribution < 1.29 is 18.7 Å². The topological polar surface area (TPSA) is 136 Å². The predicted octanol–water partition coefficient (Wildman–Crippen LogP) is 1.26. The Hall–Kier alpha value is -3.56. The van der Waals surface area contributed by atoms with Crippen LogP contribution in [0.15, 0.2) is 30.9 Å². The summed E-state index contributed by atoms with van der Waals surface area (Å²) in [5.41, 5.74) is 5.82. The molecule has 4 N–H and O–H groups in total. The number of nitrogen functional groups attached to an aromatic ring is 1. The summed E-state index contributed by atoms with van der Waals surface area (Å²) in [5.74, 6) is -2.08. The van der Waals surface area contributed by atoms with Crippen LogP contribution in [0, 0.1) is 5.82 Å². The molecule has 0 aliphatic rings. The van der Waals surface area contributed by atoms with E-state index in [4.69, 9.17) is 10.5 Å². The van der Waals surface area contributed by atoms with E-state index >= 15 is 0 Å². The number of carbonyl (C=O) groups is 2. The molecule has 0 aliphatic heterocycles. The molecule has 0 aliphatic carbocycles. The monoisotopic (exact) mass is 344 g/mol. The number of anilines is 2. The summed E-state index contributed by atoms with van der Waals surface area (Å²) in [5, 5.41) is 2.51. The maximum absolute atomic E-state index is 13.4. The van der Waals surface area contributed by atoms with E-state index in [1.165, 1.54) is 31.7 Å². The minimum absolute atomic E-state index is 0.155. The maximum atomic E-state index is 13.4. The highest BCUT2D eigenvalue weighted by Gasteiger charge is 2.22. The molecule has 128 valence electrons. The number of esters is 1. The maximum Gasteiger partial charge on any atom is 0.341 e. The molecule has 0 bridgehead atoms. The van der Waals surface area contributed by atoms with E-state index in [-0.39, 0.29) is 17.1 Å². The predicted molar refractivity (Wildman–Crippen MR) is 86.0 cm³/mol. The van der Waals surface area contributed by atoms with Crippen molar-refractivity contribution in [3.05, 3.63) is 42.2 Å². The first-order valence-electron chi connectivity index (χ1n) is 7.17. The van der Waals surface area contributed by atoms with Crippen molar-refractivity contribution in [2.24, 2.45) is 0 Å². The van der Waals surface area contributed by atoms with Gasteiger partial charge >= 0.3 is 5.97 Å². The fourth-order valence-corrected chi connectivity index (χ4v) is 2.07. The lowest BCUT2D eigenvalue weighted by Crippen LogP contribution is -2.30. The zero-order chi connectivity index (χ0) is 18.0.